The monoisotopic (exact) mass is 296 g/mol. The first-order chi connectivity index (χ1) is 8.13. The molecule has 1 aromatic carbocycles. The van der Waals surface area contributed by atoms with Gasteiger partial charge in [0.2, 0.25) is 0 Å². The van der Waals surface area contributed by atoms with Gasteiger partial charge in [-0.2, -0.15) is 0 Å². The minimum atomic E-state index is 0.0681. The van der Waals surface area contributed by atoms with E-state index in [1.54, 1.807) is 6.07 Å². The van der Waals surface area contributed by atoms with Gasteiger partial charge < -0.3 is 10.6 Å². The van der Waals surface area contributed by atoms with Gasteiger partial charge in [-0.15, -0.1) is 0 Å². The number of rotatable bonds is 4. The number of anilines is 1. The van der Waals surface area contributed by atoms with E-state index in [1.807, 2.05) is 24.0 Å². The van der Waals surface area contributed by atoms with Crippen LogP contribution in [0.4, 0.5) is 5.69 Å². The molecule has 0 bridgehead atoms. The fourth-order valence-electron chi connectivity index (χ4n) is 1.85. The van der Waals surface area contributed by atoms with Crippen LogP contribution in [0.15, 0.2) is 22.7 Å². The summed E-state index contributed by atoms with van der Waals surface area (Å²) in [5.41, 5.74) is 7.07. The van der Waals surface area contributed by atoms with Crippen LogP contribution in [-0.4, -0.2) is 23.9 Å². The predicted molar refractivity (Wildman–Crippen MR) is 72.9 cm³/mol. The zero-order valence-corrected chi connectivity index (χ0v) is 11.5. The van der Waals surface area contributed by atoms with Gasteiger partial charge in [0.1, 0.15) is 0 Å². The number of benzene rings is 1. The summed E-state index contributed by atoms with van der Waals surface area (Å²) in [6.07, 6.45) is 2.50. The predicted octanol–water partition coefficient (Wildman–Crippen LogP) is 2.90. The number of nitrogen functional groups attached to an aromatic ring is 1. The lowest BCUT2D eigenvalue weighted by atomic mass is 10.1. The third-order valence-corrected chi connectivity index (χ3v) is 3.99. The maximum absolute atomic E-state index is 12.4. The van der Waals surface area contributed by atoms with Crippen molar-refractivity contribution < 1.29 is 4.79 Å². The highest BCUT2D eigenvalue weighted by atomic mass is 79.9. The van der Waals surface area contributed by atoms with Crippen LogP contribution in [0.3, 0.4) is 0 Å². The Kier molecular flexibility index (Phi) is 3.72. The van der Waals surface area contributed by atoms with Crippen LogP contribution in [0.25, 0.3) is 0 Å². The average Bonchev–Trinajstić information content (AvgIpc) is 3.13. The summed E-state index contributed by atoms with van der Waals surface area (Å²) in [6.45, 7) is 3.63. The zero-order chi connectivity index (χ0) is 12.4. The second kappa shape index (κ2) is 5.08. The Morgan fingerprint density at radius 2 is 2.24 bits per heavy atom. The first-order valence-corrected chi connectivity index (χ1v) is 6.76. The van der Waals surface area contributed by atoms with E-state index in [0.29, 0.717) is 21.6 Å². The fraction of sp³-hybridized carbons (Fsp3) is 0.462. The molecule has 1 saturated carbocycles. The highest BCUT2D eigenvalue weighted by Gasteiger charge is 2.27. The average molecular weight is 297 g/mol. The molecule has 0 atom stereocenters. The summed E-state index contributed by atoms with van der Waals surface area (Å²) in [6, 6.07) is 5.43. The molecular formula is C13H17BrN2O. The smallest absolute Gasteiger partial charge is 0.255 e. The maximum Gasteiger partial charge on any atom is 0.255 e. The molecule has 1 aromatic rings. The van der Waals surface area contributed by atoms with Gasteiger partial charge in [-0.25, -0.2) is 0 Å². The van der Waals surface area contributed by atoms with Gasteiger partial charge in [0.15, 0.2) is 0 Å². The Morgan fingerprint density at radius 3 is 2.82 bits per heavy atom. The van der Waals surface area contributed by atoms with E-state index in [0.717, 1.165) is 13.1 Å². The Hall–Kier alpha value is -1.03. The number of carbonyl (C=O) groups excluding carboxylic acids is 1. The molecule has 3 nitrogen and oxygen atoms in total. The third kappa shape index (κ3) is 2.80. The van der Waals surface area contributed by atoms with Crippen LogP contribution in [-0.2, 0) is 0 Å². The van der Waals surface area contributed by atoms with E-state index in [-0.39, 0.29) is 5.91 Å². The Bertz CT molecular complexity index is 429. The number of hydrogen-bond donors (Lipinski definition) is 1. The van der Waals surface area contributed by atoms with Crippen LogP contribution >= 0.6 is 15.9 Å². The lowest BCUT2D eigenvalue weighted by molar-refractivity contribution is 0.0756. The Morgan fingerprint density at radius 1 is 1.53 bits per heavy atom. The lowest BCUT2D eigenvalue weighted by Gasteiger charge is -2.21. The van der Waals surface area contributed by atoms with E-state index >= 15 is 0 Å². The SMILES string of the molecule is CCN(CC1CC1)C(=O)c1cccc(N)c1Br. The van der Waals surface area contributed by atoms with Crippen LogP contribution in [0.1, 0.15) is 30.1 Å². The minimum absolute atomic E-state index is 0.0681. The van der Waals surface area contributed by atoms with E-state index in [2.05, 4.69) is 15.9 Å². The van der Waals surface area contributed by atoms with Crippen molar-refractivity contribution in [3.8, 4) is 0 Å². The molecule has 0 heterocycles. The third-order valence-electron chi connectivity index (χ3n) is 3.10. The molecule has 0 unspecified atom stereocenters. The number of amides is 1. The second-order valence-corrected chi connectivity index (χ2v) is 5.29. The molecule has 0 aromatic heterocycles. The summed E-state index contributed by atoms with van der Waals surface area (Å²) in [4.78, 5) is 14.3. The minimum Gasteiger partial charge on any atom is -0.398 e. The summed E-state index contributed by atoms with van der Waals surface area (Å²) in [5.74, 6) is 0.775. The molecule has 0 saturated heterocycles. The topological polar surface area (TPSA) is 46.3 Å². The van der Waals surface area contributed by atoms with Crippen LogP contribution in [0.2, 0.25) is 0 Å². The number of nitrogens with two attached hydrogens (primary N) is 1. The highest BCUT2D eigenvalue weighted by molar-refractivity contribution is 9.10. The van der Waals surface area contributed by atoms with Gasteiger partial charge in [0, 0.05) is 18.8 Å². The number of nitrogens with zero attached hydrogens (tertiary/aromatic N) is 1. The molecule has 0 aliphatic heterocycles. The van der Waals surface area contributed by atoms with Crippen LogP contribution < -0.4 is 5.73 Å². The molecule has 1 fully saturated rings. The van der Waals surface area contributed by atoms with Gasteiger partial charge in [-0.3, -0.25) is 4.79 Å². The van der Waals surface area contributed by atoms with Gasteiger partial charge in [-0.05, 0) is 53.7 Å². The van der Waals surface area contributed by atoms with Crippen molar-refractivity contribution in [3.63, 3.8) is 0 Å². The Balaban J connectivity index is 2.18. The van der Waals surface area contributed by atoms with Gasteiger partial charge in [-0.1, -0.05) is 6.07 Å². The molecular weight excluding hydrogens is 280 g/mol. The first kappa shape index (κ1) is 12.4. The summed E-state index contributed by atoms with van der Waals surface area (Å²) in [7, 11) is 0. The molecule has 17 heavy (non-hydrogen) atoms. The van der Waals surface area contributed by atoms with Crippen molar-refractivity contribution in [1.82, 2.24) is 4.90 Å². The molecule has 4 heteroatoms. The van der Waals surface area contributed by atoms with Crippen LogP contribution in [0, 0.1) is 5.92 Å². The van der Waals surface area contributed by atoms with Crippen LogP contribution in [0.5, 0.6) is 0 Å². The zero-order valence-electron chi connectivity index (χ0n) is 9.95. The van der Waals surface area contributed by atoms with Gasteiger partial charge >= 0.3 is 0 Å². The van der Waals surface area contributed by atoms with E-state index in [1.165, 1.54) is 12.8 Å². The summed E-state index contributed by atoms with van der Waals surface area (Å²) < 4.78 is 0.708. The largest absolute Gasteiger partial charge is 0.398 e. The summed E-state index contributed by atoms with van der Waals surface area (Å²) >= 11 is 3.39. The Labute approximate surface area is 110 Å². The quantitative estimate of drug-likeness (QED) is 0.869. The van der Waals surface area contributed by atoms with E-state index in [4.69, 9.17) is 5.73 Å². The van der Waals surface area contributed by atoms with Crippen molar-refractivity contribution in [3.05, 3.63) is 28.2 Å². The molecule has 1 amide bonds. The lowest BCUT2D eigenvalue weighted by Crippen LogP contribution is -2.33. The molecule has 1 aliphatic carbocycles. The van der Waals surface area contributed by atoms with E-state index < -0.39 is 0 Å². The van der Waals surface area contributed by atoms with Crippen molar-refractivity contribution in [1.29, 1.82) is 0 Å². The highest BCUT2D eigenvalue weighted by Crippen LogP contribution is 2.31. The number of hydrogen-bond acceptors (Lipinski definition) is 2. The van der Waals surface area contributed by atoms with Crippen molar-refractivity contribution in [2.45, 2.75) is 19.8 Å². The second-order valence-electron chi connectivity index (χ2n) is 4.50. The van der Waals surface area contributed by atoms with E-state index in [9.17, 15) is 4.79 Å². The molecule has 0 radical (unpaired) electrons. The molecule has 2 rings (SSSR count). The molecule has 2 N–H and O–H groups in total. The molecule has 0 spiro atoms. The van der Waals surface area contributed by atoms with Crippen molar-refractivity contribution in [2.75, 3.05) is 18.8 Å². The fourth-order valence-corrected chi connectivity index (χ4v) is 2.29. The van der Waals surface area contributed by atoms with Gasteiger partial charge in [0.25, 0.3) is 5.91 Å². The number of halogens is 1. The maximum atomic E-state index is 12.4. The van der Waals surface area contributed by atoms with Gasteiger partial charge in [0.05, 0.1) is 10.0 Å². The van der Waals surface area contributed by atoms with Crippen molar-refractivity contribution in [2.24, 2.45) is 5.92 Å². The number of carbonyl (C=O) groups is 1. The molecule has 92 valence electrons. The standard InChI is InChI=1S/C13H17BrN2O/c1-2-16(8-9-6-7-9)13(17)10-4-3-5-11(15)12(10)14/h3-5,9H,2,6-8,15H2,1H3. The molecule has 1 aliphatic rings. The first-order valence-electron chi connectivity index (χ1n) is 5.96. The summed E-state index contributed by atoms with van der Waals surface area (Å²) in [5, 5.41) is 0. The normalized spacial score (nSPS) is 14.7. The van der Waals surface area contributed by atoms with Crippen molar-refractivity contribution >= 4 is 27.5 Å².